The van der Waals surface area contributed by atoms with Crippen molar-refractivity contribution in [1.82, 2.24) is 0 Å². The molecular formula is C20H20N2. The molecule has 3 aromatic rings. The van der Waals surface area contributed by atoms with Crippen molar-refractivity contribution in [3.8, 4) is 0 Å². The van der Waals surface area contributed by atoms with Crippen LogP contribution in [0, 0.1) is 0 Å². The summed E-state index contributed by atoms with van der Waals surface area (Å²) in [5.41, 5.74) is 17.1. The van der Waals surface area contributed by atoms with Crippen LogP contribution in [0.15, 0.2) is 84.9 Å². The Labute approximate surface area is 131 Å². The van der Waals surface area contributed by atoms with E-state index in [1.165, 1.54) is 0 Å². The molecule has 2 heteroatoms. The summed E-state index contributed by atoms with van der Waals surface area (Å²) in [5, 5.41) is 0. The summed E-state index contributed by atoms with van der Waals surface area (Å²) in [6.07, 6.45) is 0. The summed E-state index contributed by atoms with van der Waals surface area (Å²) < 4.78 is 0. The maximum absolute atomic E-state index is 6.38. The van der Waals surface area contributed by atoms with Gasteiger partial charge in [-0.15, -0.1) is 0 Å². The summed E-state index contributed by atoms with van der Waals surface area (Å²) in [6.45, 7) is 0. The van der Waals surface area contributed by atoms with Crippen LogP contribution < -0.4 is 11.5 Å². The second-order valence-corrected chi connectivity index (χ2v) is 5.45. The van der Waals surface area contributed by atoms with E-state index in [2.05, 4.69) is 42.5 Å². The third-order valence-corrected chi connectivity index (χ3v) is 3.95. The molecule has 0 bridgehead atoms. The number of hydrogen-bond donors (Lipinski definition) is 2. The Morgan fingerprint density at radius 2 is 0.818 bits per heavy atom. The summed E-state index contributed by atoms with van der Waals surface area (Å²) in [7, 11) is 0. The van der Waals surface area contributed by atoms with Crippen molar-refractivity contribution in [3.63, 3.8) is 0 Å². The maximum Gasteiger partial charge on any atom is 0.0551 e. The van der Waals surface area contributed by atoms with Crippen molar-refractivity contribution in [2.75, 3.05) is 0 Å². The van der Waals surface area contributed by atoms with Crippen molar-refractivity contribution < 1.29 is 0 Å². The average molecular weight is 288 g/mol. The fourth-order valence-electron chi connectivity index (χ4n) is 2.65. The van der Waals surface area contributed by atoms with E-state index in [-0.39, 0.29) is 12.1 Å². The Bertz CT molecular complexity index is 662. The fraction of sp³-hybridized carbons (Fsp3) is 0.100. The monoisotopic (exact) mass is 288 g/mol. The van der Waals surface area contributed by atoms with Crippen molar-refractivity contribution in [2.45, 2.75) is 12.1 Å². The second kappa shape index (κ2) is 6.56. The smallest absolute Gasteiger partial charge is 0.0551 e. The van der Waals surface area contributed by atoms with Crippen molar-refractivity contribution >= 4 is 0 Å². The normalized spacial score (nSPS) is 13.5. The topological polar surface area (TPSA) is 52.0 Å². The van der Waals surface area contributed by atoms with E-state index in [9.17, 15) is 0 Å². The largest absolute Gasteiger partial charge is 0.320 e. The van der Waals surface area contributed by atoms with Gasteiger partial charge < -0.3 is 11.5 Å². The van der Waals surface area contributed by atoms with Gasteiger partial charge >= 0.3 is 0 Å². The highest BCUT2D eigenvalue weighted by Crippen LogP contribution is 2.24. The minimum absolute atomic E-state index is 0.135. The van der Waals surface area contributed by atoms with Gasteiger partial charge in [0.2, 0.25) is 0 Å². The van der Waals surface area contributed by atoms with Crippen LogP contribution in [0.1, 0.15) is 34.3 Å². The molecule has 4 N–H and O–H groups in total. The molecule has 110 valence electrons. The molecule has 22 heavy (non-hydrogen) atoms. The van der Waals surface area contributed by atoms with Crippen LogP contribution in [0.3, 0.4) is 0 Å². The number of nitrogens with two attached hydrogens (primary N) is 2. The van der Waals surface area contributed by atoms with Gasteiger partial charge in [-0.25, -0.2) is 0 Å². The molecule has 0 saturated heterocycles. The lowest BCUT2D eigenvalue weighted by molar-refractivity contribution is 0.840. The van der Waals surface area contributed by atoms with Crippen LogP contribution in [0.4, 0.5) is 0 Å². The van der Waals surface area contributed by atoms with Crippen LogP contribution in [-0.4, -0.2) is 0 Å². The minimum atomic E-state index is -0.135. The van der Waals surface area contributed by atoms with E-state index >= 15 is 0 Å². The highest BCUT2D eigenvalue weighted by molar-refractivity contribution is 5.38. The van der Waals surface area contributed by atoms with Crippen LogP contribution in [0.5, 0.6) is 0 Å². The van der Waals surface area contributed by atoms with Gasteiger partial charge in [0.25, 0.3) is 0 Å². The van der Waals surface area contributed by atoms with E-state index in [0.29, 0.717) is 0 Å². The summed E-state index contributed by atoms with van der Waals surface area (Å²) in [6, 6.07) is 28.2. The number of hydrogen-bond acceptors (Lipinski definition) is 2. The van der Waals surface area contributed by atoms with E-state index in [0.717, 1.165) is 22.3 Å². The predicted molar refractivity (Wildman–Crippen MR) is 91.4 cm³/mol. The van der Waals surface area contributed by atoms with E-state index < -0.39 is 0 Å². The molecule has 3 rings (SSSR count). The van der Waals surface area contributed by atoms with Gasteiger partial charge in [-0.2, -0.15) is 0 Å². The summed E-state index contributed by atoms with van der Waals surface area (Å²) in [5.74, 6) is 0. The standard InChI is InChI=1S/C20H20N2/c21-19(15-8-3-1-4-9-15)17-12-7-13-18(14-17)20(22)16-10-5-2-6-11-16/h1-14,19-20H,21-22H2. The Morgan fingerprint density at radius 1 is 0.455 bits per heavy atom. The molecular weight excluding hydrogens is 268 g/mol. The molecule has 0 aliphatic carbocycles. The molecule has 0 aliphatic heterocycles. The van der Waals surface area contributed by atoms with Crippen LogP contribution in [0.25, 0.3) is 0 Å². The third kappa shape index (κ3) is 3.08. The van der Waals surface area contributed by atoms with Crippen LogP contribution in [0.2, 0.25) is 0 Å². The Balaban J connectivity index is 1.90. The van der Waals surface area contributed by atoms with E-state index in [4.69, 9.17) is 11.5 Å². The van der Waals surface area contributed by atoms with Crippen LogP contribution >= 0.6 is 0 Å². The molecule has 0 aliphatic rings. The first-order valence-electron chi connectivity index (χ1n) is 7.46. The summed E-state index contributed by atoms with van der Waals surface area (Å²) in [4.78, 5) is 0. The molecule has 0 aromatic heterocycles. The molecule has 0 spiro atoms. The lowest BCUT2D eigenvalue weighted by Crippen LogP contribution is -2.15. The highest BCUT2D eigenvalue weighted by atomic mass is 14.6. The van der Waals surface area contributed by atoms with Crippen molar-refractivity contribution in [3.05, 3.63) is 107 Å². The molecule has 0 saturated carbocycles. The maximum atomic E-state index is 6.38. The second-order valence-electron chi connectivity index (χ2n) is 5.45. The SMILES string of the molecule is NC(c1ccccc1)c1cccc(C(N)c2ccccc2)c1. The quantitative estimate of drug-likeness (QED) is 0.767. The zero-order chi connectivity index (χ0) is 15.4. The zero-order valence-electron chi connectivity index (χ0n) is 12.4. The Hall–Kier alpha value is -2.42. The predicted octanol–water partition coefficient (Wildman–Crippen LogP) is 3.78. The molecule has 2 nitrogen and oxygen atoms in total. The van der Waals surface area contributed by atoms with Crippen molar-refractivity contribution in [1.29, 1.82) is 0 Å². The van der Waals surface area contributed by atoms with Gasteiger partial charge in [-0.3, -0.25) is 0 Å². The van der Waals surface area contributed by atoms with Gasteiger partial charge in [0.15, 0.2) is 0 Å². The average Bonchev–Trinajstić information content (AvgIpc) is 2.62. The molecule has 0 heterocycles. The minimum Gasteiger partial charge on any atom is -0.320 e. The van der Waals surface area contributed by atoms with Crippen molar-refractivity contribution in [2.24, 2.45) is 11.5 Å². The van der Waals surface area contributed by atoms with E-state index in [1.807, 2.05) is 42.5 Å². The molecule has 0 amide bonds. The first-order chi connectivity index (χ1) is 10.8. The summed E-state index contributed by atoms with van der Waals surface area (Å²) >= 11 is 0. The Morgan fingerprint density at radius 3 is 1.23 bits per heavy atom. The molecule has 0 fully saturated rings. The zero-order valence-corrected chi connectivity index (χ0v) is 12.4. The van der Waals surface area contributed by atoms with Gasteiger partial charge in [-0.1, -0.05) is 84.9 Å². The van der Waals surface area contributed by atoms with Crippen LogP contribution in [-0.2, 0) is 0 Å². The van der Waals surface area contributed by atoms with Gasteiger partial charge in [0, 0.05) is 0 Å². The van der Waals surface area contributed by atoms with Gasteiger partial charge in [0.05, 0.1) is 12.1 Å². The first-order valence-corrected chi connectivity index (χ1v) is 7.46. The number of benzene rings is 3. The molecule has 2 unspecified atom stereocenters. The Kier molecular flexibility index (Phi) is 4.33. The van der Waals surface area contributed by atoms with Gasteiger partial charge in [-0.05, 0) is 22.3 Å². The first kappa shape index (κ1) is 14.5. The lowest BCUT2D eigenvalue weighted by atomic mass is 9.94. The molecule has 2 atom stereocenters. The van der Waals surface area contributed by atoms with Gasteiger partial charge in [0.1, 0.15) is 0 Å². The third-order valence-electron chi connectivity index (χ3n) is 3.95. The lowest BCUT2D eigenvalue weighted by Gasteiger charge is -2.17. The molecule has 3 aromatic carbocycles. The van der Waals surface area contributed by atoms with E-state index in [1.54, 1.807) is 0 Å². The number of rotatable bonds is 4. The fourth-order valence-corrected chi connectivity index (χ4v) is 2.65. The highest BCUT2D eigenvalue weighted by Gasteiger charge is 2.12. The molecule has 0 radical (unpaired) electrons.